The lowest BCUT2D eigenvalue weighted by Gasteiger charge is -2.25. The molecule has 4 nitrogen and oxygen atoms in total. The highest BCUT2D eigenvalue weighted by atomic mass is 32.1. The van der Waals surface area contributed by atoms with Gasteiger partial charge in [-0.15, -0.1) is 11.3 Å². The van der Waals surface area contributed by atoms with E-state index < -0.39 is 6.10 Å². The molecule has 2 atom stereocenters. The van der Waals surface area contributed by atoms with E-state index in [9.17, 15) is 9.90 Å². The van der Waals surface area contributed by atoms with E-state index >= 15 is 0 Å². The Morgan fingerprint density at radius 3 is 3.05 bits per heavy atom. The minimum Gasteiger partial charge on any atom is -0.391 e. The van der Waals surface area contributed by atoms with Crippen molar-refractivity contribution in [3.8, 4) is 0 Å². The topological polar surface area (TPSA) is 43.8 Å². The molecule has 1 fully saturated rings. The summed E-state index contributed by atoms with van der Waals surface area (Å²) in [6.45, 7) is 1.22. The van der Waals surface area contributed by atoms with Gasteiger partial charge in [0.2, 0.25) is 5.91 Å². The van der Waals surface area contributed by atoms with Crippen molar-refractivity contribution in [2.45, 2.75) is 18.6 Å². The minimum atomic E-state index is -0.399. The van der Waals surface area contributed by atoms with Crippen LogP contribution in [0.5, 0.6) is 0 Å². The molecule has 5 heteroatoms. The van der Waals surface area contributed by atoms with Crippen LogP contribution in [0.2, 0.25) is 0 Å². The molecule has 0 aromatic carbocycles. The number of hydrogen-bond donors (Lipinski definition) is 1. The maximum atomic E-state index is 12.2. The van der Waals surface area contributed by atoms with Gasteiger partial charge in [0.15, 0.2) is 0 Å². The molecule has 0 bridgehead atoms. The molecular formula is C14H20N2O2S. The van der Waals surface area contributed by atoms with Crippen LogP contribution in [0, 0.1) is 0 Å². The number of aliphatic hydroxyl groups excluding tert-OH is 1. The Morgan fingerprint density at radius 1 is 1.63 bits per heavy atom. The van der Waals surface area contributed by atoms with Crippen molar-refractivity contribution in [2.24, 2.45) is 0 Å². The lowest BCUT2D eigenvalue weighted by Crippen LogP contribution is -2.40. The minimum absolute atomic E-state index is 0.0169. The normalized spacial score (nSPS) is 23.7. The Kier molecular flexibility index (Phi) is 4.74. The zero-order valence-corrected chi connectivity index (χ0v) is 12.1. The number of rotatable bonds is 4. The van der Waals surface area contributed by atoms with Crippen molar-refractivity contribution in [3.05, 3.63) is 28.5 Å². The van der Waals surface area contributed by atoms with Crippen LogP contribution in [-0.2, 0) is 4.79 Å². The number of likely N-dealkylation sites (N-methyl/N-ethyl adjacent to an activating group) is 1. The maximum Gasteiger partial charge on any atom is 0.246 e. The van der Waals surface area contributed by atoms with E-state index in [0.29, 0.717) is 13.0 Å². The number of nitrogens with zero attached hydrogens (tertiary/aromatic N) is 2. The van der Waals surface area contributed by atoms with Crippen molar-refractivity contribution in [1.82, 2.24) is 9.80 Å². The molecule has 0 saturated carbocycles. The van der Waals surface area contributed by atoms with Crippen LogP contribution in [0.15, 0.2) is 23.6 Å². The first-order valence-electron chi connectivity index (χ1n) is 6.41. The van der Waals surface area contributed by atoms with Gasteiger partial charge in [0.05, 0.1) is 6.10 Å². The summed E-state index contributed by atoms with van der Waals surface area (Å²) >= 11 is 1.60. The summed E-state index contributed by atoms with van der Waals surface area (Å²) in [5, 5.41) is 11.7. The molecule has 1 aromatic heterocycles. The molecular weight excluding hydrogens is 260 g/mol. The molecule has 19 heavy (non-hydrogen) atoms. The predicted molar refractivity (Wildman–Crippen MR) is 78.0 cm³/mol. The van der Waals surface area contributed by atoms with Crippen molar-refractivity contribution < 1.29 is 9.90 Å². The Bertz CT molecular complexity index is 442. The van der Waals surface area contributed by atoms with Gasteiger partial charge in [0, 0.05) is 30.1 Å². The van der Waals surface area contributed by atoms with Gasteiger partial charge in [-0.2, -0.15) is 0 Å². The zero-order chi connectivity index (χ0) is 13.8. The largest absolute Gasteiger partial charge is 0.391 e. The summed E-state index contributed by atoms with van der Waals surface area (Å²) < 4.78 is 0. The maximum absolute atomic E-state index is 12.2. The Morgan fingerprint density at radius 2 is 2.42 bits per heavy atom. The van der Waals surface area contributed by atoms with Gasteiger partial charge in [-0.3, -0.25) is 4.79 Å². The SMILES string of the molecule is CN(C)CC1CC(O)CN1C(=O)C=Cc1cccs1. The van der Waals surface area contributed by atoms with Crippen molar-refractivity contribution in [3.63, 3.8) is 0 Å². The van der Waals surface area contributed by atoms with Gasteiger partial charge in [0.25, 0.3) is 0 Å². The first-order valence-corrected chi connectivity index (χ1v) is 7.29. The number of carbonyl (C=O) groups excluding carboxylic acids is 1. The summed E-state index contributed by atoms with van der Waals surface area (Å²) in [6, 6.07) is 4.04. The number of thiophene rings is 1. The quantitative estimate of drug-likeness (QED) is 0.845. The number of likely N-dealkylation sites (tertiary alicyclic amines) is 1. The average Bonchev–Trinajstić information content (AvgIpc) is 2.95. The fourth-order valence-electron chi connectivity index (χ4n) is 2.39. The lowest BCUT2D eigenvalue weighted by molar-refractivity contribution is -0.127. The van der Waals surface area contributed by atoms with Crippen LogP contribution < -0.4 is 0 Å². The third kappa shape index (κ3) is 3.89. The Balaban J connectivity index is 2.00. The van der Waals surface area contributed by atoms with E-state index in [-0.39, 0.29) is 11.9 Å². The van der Waals surface area contributed by atoms with Crippen LogP contribution in [0.1, 0.15) is 11.3 Å². The molecule has 2 heterocycles. The third-order valence-electron chi connectivity index (χ3n) is 3.18. The molecule has 2 unspecified atom stereocenters. The second-order valence-corrected chi connectivity index (χ2v) is 6.12. The summed E-state index contributed by atoms with van der Waals surface area (Å²) in [5.74, 6) is -0.0169. The Labute approximate surface area is 118 Å². The molecule has 1 aliphatic heterocycles. The molecule has 1 aliphatic rings. The predicted octanol–water partition coefficient (Wildman–Crippen LogP) is 1.28. The van der Waals surface area contributed by atoms with Gasteiger partial charge < -0.3 is 14.9 Å². The second-order valence-electron chi connectivity index (χ2n) is 5.14. The smallest absolute Gasteiger partial charge is 0.246 e. The molecule has 0 radical (unpaired) electrons. The highest BCUT2D eigenvalue weighted by Gasteiger charge is 2.33. The van der Waals surface area contributed by atoms with Crippen molar-refractivity contribution in [1.29, 1.82) is 0 Å². The van der Waals surface area contributed by atoms with Gasteiger partial charge >= 0.3 is 0 Å². The average molecular weight is 280 g/mol. The summed E-state index contributed by atoms with van der Waals surface area (Å²) in [6.07, 6.45) is 3.71. The van der Waals surface area contributed by atoms with Crippen LogP contribution >= 0.6 is 11.3 Å². The summed E-state index contributed by atoms with van der Waals surface area (Å²) in [5.41, 5.74) is 0. The summed E-state index contributed by atoms with van der Waals surface area (Å²) in [4.78, 5) is 17.1. The third-order valence-corrected chi connectivity index (χ3v) is 4.02. The van der Waals surface area contributed by atoms with Crippen LogP contribution in [0.4, 0.5) is 0 Å². The van der Waals surface area contributed by atoms with Gasteiger partial charge in [0.1, 0.15) is 0 Å². The molecule has 0 aliphatic carbocycles. The fraction of sp³-hybridized carbons (Fsp3) is 0.500. The molecule has 1 saturated heterocycles. The molecule has 1 amide bonds. The number of carbonyl (C=O) groups is 1. The highest BCUT2D eigenvalue weighted by molar-refractivity contribution is 7.10. The van der Waals surface area contributed by atoms with E-state index in [1.165, 1.54) is 0 Å². The van der Waals surface area contributed by atoms with Crippen LogP contribution in [0.3, 0.4) is 0 Å². The first-order chi connectivity index (χ1) is 9.06. The first kappa shape index (κ1) is 14.2. The van der Waals surface area contributed by atoms with E-state index in [4.69, 9.17) is 0 Å². The fourth-order valence-corrected chi connectivity index (χ4v) is 3.01. The number of amides is 1. The van der Waals surface area contributed by atoms with Gasteiger partial charge in [-0.05, 0) is 38.0 Å². The number of β-amino-alcohol motifs (C(OH)–C–C–N with tert-alkyl or cyclic N) is 1. The number of aliphatic hydroxyl groups is 1. The molecule has 1 aromatic rings. The lowest BCUT2D eigenvalue weighted by atomic mass is 10.2. The van der Waals surface area contributed by atoms with Crippen molar-refractivity contribution in [2.75, 3.05) is 27.2 Å². The van der Waals surface area contributed by atoms with Gasteiger partial charge in [-0.1, -0.05) is 6.07 Å². The monoisotopic (exact) mass is 280 g/mol. The van der Waals surface area contributed by atoms with Crippen LogP contribution in [-0.4, -0.2) is 60.1 Å². The van der Waals surface area contributed by atoms with E-state index in [1.54, 1.807) is 22.3 Å². The molecule has 104 valence electrons. The van der Waals surface area contributed by atoms with E-state index in [0.717, 1.165) is 11.4 Å². The van der Waals surface area contributed by atoms with Crippen LogP contribution in [0.25, 0.3) is 6.08 Å². The van der Waals surface area contributed by atoms with E-state index in [1.807, 2.05) is 42.6 Å². The van der Waals surface area contributed by atoms with Gasteiger partial charge in [-0.25, -0.2) is 0 Å². The zero-order valence-electron chi connectivity index (χ0n) is 11.3. The summed E-state index contributed by atoms with van der Waals surface area (Å²) in [7, 11) is 3.96. The molecule has 2 rings (SSSR count). The Hall–Kier alpha value is -1.17. The second kappa shape index (κ2) is 6.32. The molecule has 1 N–H and O–H groups in total. The number of hydrogen-bond acceptors (Lipinski definition) is 4. The van der Waals surface area contributed by atoms with Crippen molar-refractivity contribution >= 4 is 23.3 Å². The van der Waals surface area contributed by atoms with E-state index in [2.05, 4.69) is 0 Å². The molecule has 0 spiro atoms. The highest BCUT2D eigenvalue weighted by Crippen LogP contribution is 2.19. The standard InChI is InChI=1S/C14H20N2O2S/c1-15(2)9-11-8-12(17)10-16(11)14(18)6-5-13-4-3-7-19-13/h3-7,11-12,17H,8-10H2,1-2H3.